The van der Waals surface area contributed by atoms with Crippen molar-refractivity contribution in [2.45, 2.75) is 6.92 Å². The van der Waals surface area contributed by atoms with Gasteiger partial charge >= 0.3 is 0 Å². The average Bonchev–Trinajstić information content (AvgIpc) is 2.04. The van der Waals surface area contributed by atoms with Crippen LogP contribution in [0.15, 0.2) is 18.6 Å². The van der Waals surface area contributed by atoms with Gasteiger partial charge in [-0.2, -0.15) is 0 Å². The summed E-state index contributed by atoms with van der Waals surface area (Å²) in [5.74, 6) is 0.487. The molecule has 2 N–H and O–H groups in total. The molecule has 12 heavy (non-hydrogen) atoms. The van der Waals surface area contributed by atoms with Gasteiger partial charge in [0.1, 0.15) is 12.1 Å². The number of nitrogens with two attached hydrogens (primary N) is 1. The highest BCUT2D eigenvalue weighted by molar-refractivity contribution is 5.81. The molecule has 0 aromatic carbocycles. The lowest BCUT2D eigenvalue weighted by Crippen LogP contribution is -1.92. The van der Waals surface area contributed by atoms with E-state index in [9.17, 15) is 0 Å². The number of pyridine rings is 1. The second-order valence-electron chi connectivity index (χ2n) is 2.59. The van der Waals surface area contributed by atoms with Gasteiger partial charge in [0.15, 0.2) is 0 Å². The lowest BCUT2D eigenvalue weighted by molar-refractivity contribution is 1.14. The summed E-state index contributed by atoms with van der Waals surface area (Å²) in [5.41, 5.74) is 7.27. The summed E-state index contributed by atoms with van der Waals surface area (Å²) in [5, 5.41) is 0.951. The summed E-state index contributed by atoms with van der Waals surface area (Å²) in [6.07, 6.45) is 3.22. The highest BCUT2D eigenvalue weighted by Gasteiger charge is 1.98. The Kier molecular flexibility index (Phi) is 1.40. The van der Waals surface area contributed by atoms with E-state index in [0.29, 0.717) is 5.82 Å². The van der Waals surface area contributed by atoms with Crippen LogP contribution in [0, 0.1) is 6.92 Å². The molecule has 0 aliphatic heterocycles. The molecule has 4 nitrogen and oxygen atoms in total. The summed E-state index contributed by atoms with van der Waals surface area (Å²) in [4.78, 5) is 12.1. The Morgan fingerprint density at radius 2 is 2.08 bits per heavy atom. The molecule has 0 fully saturated rings. The Hall–Kier alpha value is -1.71. The average molecular weight is 160 g/mol. The standard InChI is InChI=1S/C8H8N4/c1-5-6-3-10-8(9)2-7(6)12-4-11-5/h2-4H,1H3,(H2,9,10). The number of rotatable bonds is 0. The molecule has 0 aliphatic carbocycles. The van der Waals surface area contributed by atoms with Gasteiger partial charge in [-0.05, 0) is 6.92 Å². The van der Waals surface area contributed by atoms with E-state index in [0.717, 1.165) is 16.6 Å². The Balaban J connectivity index is 2.86. The Labute approximate surface area is 69.5 Å². The predicted octanol–water partition coefficient (Wildman–Crippen LogP) is 0.915. The van der Waals surface area contributed by atoms with E-state index >= 15 is 0 Å². The Bertz CT molecular complexity index is 424. The smallest absolute Gasteiger partial charge is 0.125 e. The van der Waals surface area contributed by atoms with Crippen LogP contribution in [0.3, 0.4) is 0 Å². The van der Waals surface area contributed by atoms with Crippen LogP contribution in [0.1, 0.15) is 5.69 Å². The quantitative estimate of drug-likeness (QED) is 0.622. The summed E-state index contributed by atoms with van der Waals surface area (Å²) in [7, 11) is 0. The Morgan fingerprint density at radius 3 is 2.92 bits per heavy atom. The number of nitrogen functional groups attached to an aromatic ring is 1. The van der Waals surface area contributed by atoms with Crippen molar-refractivity contribution < 1.29 is 0 Å². The van der Waals surface area contributed by atoms with Gasteiger partial charge in [-0.3, -0.25) is 0 Å². The van der Waals surface area contributed by atoms with E-state index in [2.05, 4.69) is 15.0 Å². The first kappa shape index (κ1) is 6.97. The van der Waals surface area contributed by atoms with Crippen LogP contribution in [-0.2, 0) is 0 Å². The number of aryl methyl sites for hydroxylation is 1. The van der Waals surface area contributed by atoms with Crippen molar-refractivity contribution in [2.75, 3.05) is 5.73 Å². The number of anilines is 1. The normalized spacial score (nSPS) is 10.4. The zero-order chi connectivity index (χ0) is 8.55. The van der Waals surface area contributed by atoms with Crippen molar-refractivity contribution in [1.82, 2.24) is 15.0 Å². The molecule has 2 rings (SSSR count). The van der Waals surface area contributed by atoms with Crippen molar-refractivity contribution in [3.05, 3.63) is 24.3 Å². The van der Waals surface area contributed by atoms with Gasteiger partial charge in [0.25, 0.3) is 0 Å². The first-order valence-electron chi connectivity index (χ1n) is 3.60. The summed E-state index contributed by atoms with van der Waals surface area (Å²) >= 11 is 0. The van der Waals surface area contributed by atoms with Gasteiger partial charge in [-0.25, -0.2) is 15.0 Å². The molecule has 0 spiro atoms. The molecule has 2 heterocycles. The largest absolute Gasteiger partial charge is 0.384 e. The van der Waals surface area contributed by atoms with Crippen LogP contribution in [0.2, 0.25) is 0 Å². The first-order chi connectivity index (χ1) is 5.77. The van der Waals surface area contributed by atoms with Gasteiger partial charge < -0.3 is 5.73 Å². The van der Waals surface area contributed by atoms with E-state index in [1.807, 2.05) is 6.92 Å². The van der Waals surface area contributed by atoms with Crippen molar-refractivity contribution in [2.24, 2.45) is 0 Å². The third-order valence-electron chi connectivity index (χ3n) is 1.74. The monoisotopic (exact) mass is 160 g/mol. The third kappa shape index (κ3) is 0.972. The van der Waals surface area contributed by atoms with E-state index in [1.165, 1.54) is 6.33 Å². The van der Waals surface area contributed by atoms with Crippen LogP contribution in [0.4, 0.5) is 5.82 Å². The minimum Gasteiger partial charge on any atom is -0.384 e. The van der Waals surface area contributed by atoms with Crippen molar-refractivity contribution in [3.63, 3.8) is 0 Å². The molecule has 2 aromatic rings. The van der Waals surface area contributed by atoms with Crippen LogP contribution in [-0.4, -0.2) is 15.0 Å². The maximum Gasteiger partial charge on any atom is 0.125 e. The maximum absolute atomic E-state index is 5.50. The van der Waals surface area contributed by atoms with Gasteiger partial charge in [-0.1, -0.05) is 0 Å². The number of nitrogens with zero attached hydrogens (tertiary/aromatic N) is 3. The van der Waals surface area contributed by atoms with Crippen LogP contribution < -0.4 is 5.73 Å². The molecule has 0 bridgehead atoms. The van der Waals surface area contributed by atoms with Gasteiger partial charge in [0, 0.05) is 17.6 Å². The number of hydrogen-bond donors (Lipinski definition) is 1. The van der Waals surface area contributed by atoms with Crippen LogP contribution >= 0.6 is 0 Å². The van der Waals surface area contributed by atoms with Crippen molar-refractivity contribution in [1.29, 1.82) is 0 Å². The topological polar surface area (TPSA) is 64.7 Å². The maximum atomic E-state index is 5.50. The predicted molar refractivity (Wildman–Crippen MR) is 46.5 cm³/mol. The fraction of sp³-hybridized carbons (Fsp3) is 0.125. The number of hydrogen-bond acceptors (Lipinski definition) is 4. The molecule has 0 unspecified atom stereocenters. The highest BCUT2D eigenvalue weighted by atomic mass is 14.9. The second kappa shape index (κ2) is 2.41. The molecule has 2 aromatic heterocycles. The second-order valence-corrected chi connectivity index (χ2v) is 2.59. The number of fused-ring (bicyclic) bond motifs is 1. The molecule has 4 heteroatoms. The molecule has 0 atom stereocenters. The first-order valence-corrected chi connectivity index (χ1v) is 3.60. The van der Waals surface area contributed by atoms with Crippen LogP contribution in [0.25, 0.3) is 10.9 Å². The summed E-state index contributed by atoms with van der Waals surface area (Å²) in [6, 6.07) is 1.74. The highest BCUT2D eigenvalue weighted by Crippen LogP contribution is 2.13. The van der Waals surface area contributed by atoms with Gasteiger partial charge in [-0.15, -0.1) is 0 Å². The van der Waals surface area contributed by atoms with Gasteiger partial charge in [0.2, 0.25) is 0 Å². The molecule has 0 radical (unpaired) electrons. The van der Waals surface area contributed by atoms with Crippen molar-refractivity contribution >= 4 is 16.7 Å². The summed E-state index contributed by atoms with van der Waals surface area (Å²) < 4.78 is 0. The number of aromatic nitrogens is 3. The lowest BCUT2D eigenvalue weighted by Gasteiger charge is -1.99. The molecular formula is C8H8N4. The molecule has 0 saturated carbocycles. The van der Waals surface area contributed by atoms with E-state index < -0.39 is 0 Å². The molecule has 0 amide bonds. The molecule has 60 valence electrons. The Morgan fingerprint density at radius 1 is 1.25 bits per heavy atom. The fourth-order valence-corrected chi connectivity index (χ4v) is 1.09. The van der Waals surface area contributed by atoms with E-state index in [1.54, 1.807) is 12.3 Å². The van der Waals surface area contributed by atoms with E-state index in [-0.39, 0.29) is 0 Å². The lowest BCUT2D eigenvalue weighted by atomic mass is 10.2. The van der Waals surface area contributed by atoms with Crippen LogP contribution in [0.5, 0.6) is 0 Å². The minimum atomic E-state index is 0.487. The zero-order valence-electron chi connectivity index (χ0n) is 6.65. The van der Waals surface area contributed by atoms with Gasteiger partial charge in [0.05, 0.1) is 11.2 Å². The summed E-state index contributed by atoms with van der Waals surface area (Å²) in [6.45, 7) is 1.92. The van der Waals surface area contributed by atoms with Crippen molar-refractivity contribution in [3.8, 4) is 0 Å². The SMILES string of the molecule is Cc1ncnc2cc(N)ncc12. The zero-order valence-corrected chi connectivity index (χ0v) is 6.65. The fourth-order valence-electron chi connectivity index (χ4n) is 1.09. The van der Waals surface area contributed by atoms with E-state index in [4.69, 9.17) is 5.73 Å². The molecular weight excluding hydrogens is 152 g/mol. The molecule has 0 aliphatic rings. The third-order valence-corrected chi connectivity index (χ3v) is 1.74. The minimum absolute atomic E-state index is 0.487. The molecule has 0 saturated heterocycles.